The Bertz CT molecular complexity index is 1150. The molecule has 0 spiro atoms. The average Bonchev–Trinajstić information content (AvgIpc) is 3.25. The molecule has 1 atom stereocenters. The van der Waals surface area contributed by atoms with Crippen molar-refractivity contribution >= 4 is 17.4 Å². The second-order valence-electron chi connectivity index (χ2n) is 7.70. The lowest BCUT2D eigenvalue weighted by atomic mass is 9.89. The molecule has 3 aromatic rings. The van der Waals surface area contributed by atoms with Crippen molar-refractivity contribution in [1.82, 2.24) is 19.6 Å². The number of hydrogen-bond donors (Lipinski definition) is 1. The van der Waals surface area contributed by atoms with Crippen molar-refractivity contribution in [2.45, 2.75) is 12.3 Å². The van der Waals surface area contributed by atoms with Crippen LogP contribution < -0.4 is 10.2 Å². The zero-order chi connectivity index (χ0) is 23.2. The molecular weight excluding hydrogens is 435 g/mol. The highest BCUT2D eigenvalue weighted by molar-refractivity contribution is 6.07. The van der Waals surface area contributed by atoms with Gasteiger partial charge in [0.15, 0.2) is 0 Å². The molecular formula is C20H19F5N6O. The number of rotatable bonds is 5. The van der Waals surface area contributed by atoms with Gasteiger partial charge in [-0.3, -0.25) is 14.2 Å². The molecule has 12 heteroatoms. The fraction of sp³-hybridized carbons (Fsp3) is 0.350. The third-order valence-electron chi connectivity index (χ3n) is 5.30. The number of nitrogens with one attached hydrogen (secondary N) is 1. The van der Waals surface area contributed by atoms with Crippen molar-refractivity contribution in [3.05, 3.63) is 59.3 Å². The molecule has 1 amide bonds. The third-order valence-corrected chi connectivity index (χ3v) is 5.30. The summed E-state index contributed by atoms with van der Waals surface area (Å²) in [6.45, 7) is 0.261. The summed E-state index contributed by atoms with van der Waals surface area (Å²) in [6, 6.07) is 1.75. The van der Waals surface area contributed by atoms with Crippen LogP contribution in [0.5, 0.6) is 0 Å². The van der Waals surface area contributed by atoms with Crippen LogP contribution in [-0.2, 0) is 20.3 Å². The molecule has 0 bridgehead atoms. The van der Waals surface area contributed by atoms with E-state index in [0.717, 1.165) is 6.07 Å². The van der Waals surface area contributed by atoms with E-state index < -0.39 is 35.6 Å². The molecule has 1 aliphatic rings. The number of nitrogens with zero attached hydrogens (tertiary/aromatic N) is 5. The van der Waals surface area contributed by atoms with Crippen LogP contribution in [-0.4, -0.2) is 38.6 Å². The maximum Gasteiger partial charge on any atom is 0.416 e. The molecule has 1 saturated heterocycles. The zero-order valence-corrected chi connectivity index (χ0v) is 17.1. The first-order valence-electron chi connectivity index (χ1n) is 9.61. The molecule has 4 rings (SSSR count). The van der Waals surface area contributed by atoms with Crippen LogP contribution in [0.4, 0.5) is 33.5 Å². The highest BCUT2D eigenvalue weighted by Gasteiger charge is 2.39. The molecule has 3 heterocycles. The number of anilines is 2. The standard InChI is InChI=1S/C20H19F5N6O/c1-29-10-15(6-26-29)28-18(32)16-7-27-30(2)19(16)31-8-12(9-31)17(22)11-3-13(20(23,24)25)5-14(21)4-11/h3-7,10,12,17H,8-9H2,1-2H3,(H,28,32). The van der Waals surface area contributed by atoms with E-state index in [2.05, 4.69) is 15.5 Å². The first-order valence-corrected chi connectivity index (χ1v) is 9.61. The Morgan fingerprint density at radius 2 is 1.88 bits per heavy atom. The predicted octanol–water partition coefficient (Wildman–Crippen LogP) is 3.71. The van der Waals surface area contributed by atoms with Gasteiger partial charge in [-0.2, -0.15) is 23.4 Å². The molecule has 1 aliphatic heterocycles. The molecule has 170 valence electrons. The quantitative estimate of drug-likeness (QED) is 0.597. The van der Waals surface area contributed by atoms with Gasteiger partial charge in [0.05, 0.1) is 23.6 Å². The topological polar surface area (TPSA) is 68.0 Å². The average molecular weight is 454 g/mol. The van der Waals surface area contributed by atoms with Gasteiger partial charge in [-0.15, -0.1) is 0 Å². The van der Waals surface area contributed by atoms with E-state index in [9.17, 15) is 26.7 Å². The number of aromatic nitrogens is 4. The monoisotopic (exact) mass is 454 g/mol. The van der Waals surface area contributed by atoms with E-state index >= 15 is 0 Å². The SMILES string of the molecule is Cn1cc(NC(=O)c2cnn(C)c2N2CC(C(F)c3cc(F)cc(C(F)(F)F)c3)C2)cn1. The molecule has 32 heavy (non-hydrogen) atoms. The minimum atomic E-state index is -4.77. The fourth-order valence-electron chi connectivity index (χ4n) is 3.73. The second kappa shape index (κ2) is 7.92. The van der Waals surface area contributed by atoms with Gasteiger partial charge in [0.25, 0.3) is 5.91 Å². The fourth-order valence-corrected chi connectivity index (χ4v) is 3.73. The normalized spacial score (nSPS) is 15.5. The van der Waals surface area contributed by atoms with Gasteiger partial charge in [-0.25, -0.2) is 8.78 Å². The van der Waals surface area contributed by atoms with Crippen LogP contribution in [0.25, 0.3) is 0 Å². The Hall–Kier alpha value is -3.44. The summed E-state index contributed by atoms with van der Waals surface area (Å²) in [5.74, 6) is -1.79. The van der Waals surface area contributed by atoms with Crippen LogP contribution in [0.2, 0.25) is 0 Å². The number of aryl methyl sites for hydroxylation is 2. The summed E-state index contributed by atoms with van der Waals surface area (Å²) < 4.78 is 70.3. The van der Waals surface area contributed by atoms with Crippen LogP contribution in [0.15, 0.2) is 36.8 Å². The predicted molar refractivity (Wildman–Crippen MR) is 105 cm³/mol. The van der Waals surface area contributed by atoms with Crippen molar-refractivity contribution in [2.24, 2.45) is 20.0 Å². The largest absolute Gasteiger partial charge is 0.416 e. The summed E-state index contributed by atoms with van der Waals surface area (Å²) in [6.07, 6.45) is -2.08. The molecule has 0 aliphatic carbocycles. The smallest absolute Gasteiger partial charge is 0.355 e. The van der Waals surface area contributed by atoms with Crippen LogP contribution in [0.3, 0.4) is 0 Å². The maximum atomic E-state index is 14.9. The van der Waals surface area contributed by atoms with Crippen LogP contribution in [0.1, 0.15) is 27.7 Å². The van der Waals surface area contributed by atoms with E-state index in [1.165, 1.54) is 21.8 Å². The number of amides is 1. The van der Waals surface area contributed by atoms with Gasteiger partial charge in [0, 0.05) is 39.3 Å². The van der Waals surface area contributed by atoms with Gasteiger partial charge in [-0.1, -0.05) is 0 Å². The Balaban J connectivity index is 1.48. The Morgan fingerprint density at radius 3 is 2.50 bits per heavy atom. The van der Waals surface area contributed by atoms with E-state index in [-0.39, 0.29) is 24.2 Å². The maximum absolute atomic E-state index is 14.9. The van der Waals surface area contributed by atoms with Gasteiger partial charge in [-0.05, 0) is 23.8 Å². The highest BCUT2D eigenvalue weighted by Crippen LogP contribution is 2.39. The number of halogens is 5. The molecule has 0 radical (unpaired) electrons. The van der Waals surface area contributed by atoms with Crippen molar-refractivity contribution in [3.8, 4) is 0 Å². The minimum absolute atomic E-state index is 0.131. The van der Waals surface area contributed by atoms with Crippen molar-refractivity contribution in [1.29, 1.82) is 0 Å². The minimum Gasteiger partial charge on any atom is -0.355 e. The van der Waals surface area contributed by atoms with Gasteiger partial charge >= 0.3 is 6.18 Å². The molecule has 0 saturated carbocycles. The number of carbonyl (C=O) groups is 1. The molecule has 7 nitrogen and oxygen atoms in total. The van der Waals surface area contributed by atoms with E-state index in [1.807, 2.05) is 0 Å². The first-order chi connectivity index (χ1) is 15.0. The Kier molecular flexibility index (Phi) is 5.39. The summed E-state index contributed by atoms with van der Waals surface area (Å²) in [7, 11) is 3.33. The summed E-state index contributed by atoms with van der Waals surface area (Å²) in [5.41, 5.74) is -0.839. The Morgan fingerprint density at radius 1 is 1.16 bits per heavy atom. The zero-order valence-electron chi connectivity index (χ0n) is 17.1. The lowest BCUT2D eigenvalue weighted by Gasteiger charge is -2.42. The van der Waals surface area contributed by atoms with Crippen LogP contribution in [0, 0.1) is 11.7 Å². The van der Waals surface area contributed by atoms with Gasteiger partial charge in [0.2, 0.25) is 0 Å². The van der Waals surface area contributed by atoms with Crippen molar-refractivity contribution < 1.29 is 26.7 Å². The third kappa shape index (κ3) is 4.16. The van der Waals surface area contributed by atoms with Crippen molar-refractivity contribution in [3.63, 3.8) is 0 Å². The van der Waals surface area contributed by atoms with Crippen LogP contribution >= 0.6 is 0 Å². The summed E-state index contributed by atoms with van der Waals surface area (Å²) >= 11 is 0. The lowest BCUT2D eigenvalue weighted by Crippen LogP contribution is -2.50. The number of carbonyl (C=O) groups excluding carboxylic acids is 1. The highest BCUT2D eigenvalue weighted by atomic mass is 19.4. The summed E-state index contributed by atoms with van der Waals surface area (Å²) in [5, 5.41) is 10.8. The van der Waals surface area contributed by atoms with E-state index in [1.54, 1.807) is 25.2 Å². The summed E-state index contributed by atoms with van der Waals surface area (Å²) in [4.78, 5) is 14.4. The Labute approximate surface area is 179 Å². The molecule has 1 aromatic carbocycles. The van der Waals surface area contributed by atoms with Gasteiger partial charge < -0.3 is 10.2 Å². The van der Waals surface area contributed by atoms with E-state index in [0.29, 0.717) is 23.6 Å². The number of alkyl halides is 4. The lowest BCUT2D eigenvalue weighted by molar-refractivity contribution is -0.137. The number of benzene rings is 1. The molecule has 1 unspecified atom stereocenters. The number of hydrogen-bond acceptors (Lipinski definition) is 4. The van der Waals surface area contributed by atoms with Gasteiger partial charge in [0.1, 0.15) is 23.4 Å². The first kappa shape index (κ1) is 21.8. The molecule has 1 fully saturated rings. The second-order valence-corrected chi connectivity index (χ2v) is 7.70. The molecule has 1 N–H and O–H groups in total. The molecule has 2 aromatic heterocycles. The van der Waals surface area contributed by atoms with E-state index in [4.69, 9.17) is 0 Å². The van der Waals surface area contributed by atoms with Crippen molar-refractivity contribution in [2.75, 3.05) is 23.3 Å².